The minimum Gasteiger partial charge on any atom is -0.392 e. The van der Waals surface area contributed by atoms with Crippen molar-refractivity contribution in [2.75, 3.05) is 6.61 Å². The van der Waals surface area contributed by atoms with E-state index in [1.54, 1.807) is 0 Å². The van der Waals surface area contributed by atoms with Crippen molar-refractivity contribution in [1.82, 2.24) is 0 Å². The third-order valence-electron chi connectivity index (χ3n) is 6.40. The van der Waals surface area contributed by atoms with Crippen LogP contribution in [0.3, 0.4) is 0 Å². The number of benzene rings is 1. The molecule has 0 radical (unpaired) electrons. The zero-order chi connectivity index (χ0) is 14.3. The molecule has 114 valence electrons. The van der Waals surface area contributed by atoms with Crippen molar-refractivity contribution < 1.29 is 9.84 Å². The molecule has 2 saturated carbocycles. The van der Waals surface area contributed by atoms with Crippen LogP contribution in [0.5, 0.6) is 0 Å². The van der Waals surface area contributed by atoms with E-state index in [1.165, 1.54) is 31.2 Å². The molecule has 3 aliphatic rings. The Morgan fingerprint density at radius 2 is 1.76 bits per heavy atom. The summed E-state index contributed by atoms with van der Waals surface area (Å²) in [5, 5.41) is 11.2. The van der Waals surface area contributed by atoms with Gasteiger partial charge in [0.2, 0.25) is 0 Å². The third-order valence-corrected chi connectivity index (χ3v) is 6.40. The molecule has 1 aromatic rings. The Morgan fingerprint density at radius 1 is 1.05 bits per heavy atom. The van der Waals surface area contributed by atoms with Gasteiger partial charge in [-0.15, -0.1) is 0 Å². The molecule has 4 rings (SSSR count). The van der Waals surface area contributed by atoms with Gasteiger partial charge in [-0.3, -0.25) is 0 Å². The fraction of sp³-hybridized carbons (Fsp3) is 0.684. The lowest BCUT2D eigenvalue weighted by atomic mass is 9.56. The second-order valence-electron chi connectivity index (χ2n) is 7.46. The highest BCUT2D eigenvalue weighted by atomic mass is 16.5. The van der Waals surface area contributed by atoms with E-state index in [9.17, 15) is 5.11 Å². The van der Waals surface area contributed by atoms with Gasteiger partial charge in [-0.1, -0.05) is 36.8 Å². The molecule has 2 atom stereocenters. The molecular formula is C19H26O2. The highest BCUT2D eigenvalue weighted by molar-refractivity contribution is 5.30. The quantitative estimate of drug-likeness (QED) is 0.915. The first-order valence-corrected chi connectivity index (χ1v) is 8.62. The summed E-state index contributed by atoms with van der Waals surface area (Å²) in [4.78, 5) is 0. The van der Waals surface area contributed by atoms with Crippen molar-refractivity contribution in [1.29, 1.82) is 0 Å². The molecule has 0 bridgehead atoms. The van der Waals surface area contributed by atoms with Crippen LogP contribution in [0.4, 0.5) is 0 Å². The van der Waals surface area contributed by atoms with Gasteiger partial charge in [0, 0.05) is 12.0 Å². The van der Waals surface area contributed by atoms with E-state index in [0.29, 0.717) is 5.92 Å². The normalized spacial score (nSPS) is 31.2. The maximum absolute atomic E-state index is 11.2. The molecule has 2 aliphatic carbocycles. The second kappa shape index (κ2) is 5.10. The van der Waals surface area contributed by atoms with E-state index in [-0.39, 0.29) is 17.1 Å². The van der Waals surface area contributed by atoms with Gasteiger partial charge in [0.15, 0.2) is 0 Å². The molecule has 2 nitrogen and oxygen atoms in total. The summed E-state index contributed by atoms with van der Waals surface area (Å²) >= 11 is 0. The molecule has 3 fully saturated rings. The summed E-state index contributed by atoms with van der Waals surface area (Å²) in [6.07, 6.45) is 9.14. The summed E-state index contributed by atoms with van der Waals surface area (Å²) in [7, 11) is 0. The Labute approximate surface area is 127 Å². The first-order valence-electron chi connectivity index (χ1n) is 8.62. The minimum atomic E-state index is -0.199. The summed E-state index contributed by atoms with van der Waals surface area (Å²) in [6, 6.07) is 10.7. The van der Waals surface area contributed by atoms with Crippen LogP contribution < -0.4 is 0 Å². The van der Waals surface area contributed by atoms with Crippen LogP contribution >= 0.6 is 0 Å². The number of rotatable bonds is 3. The second-order valence-corrected chi connectivity index (χ2v) is 7.46. The zero-order valence-electron chi connectivity index (χ0n) is 12.8. The van der Waals surface area contributed by atoms with Crippen LogP contribution in [-0.2, 0) is 10.2 Å². The average molecular weight is 286 g/mol. The maximum atomic E-state index is 11.2. The molecular weight excluding hydrogens is 260 g/mol. The van der Waals surface area contributed by atoms with Gasteiger partial charge in [0.25, 0.3) is 0 Å². The van der Waals surface area contributed by atoms with Crippen LogP contribution in [0.25, 0.3) is 0 Å². The summed E-state index contributed by atoms with van der Waals surface area (Å²) in [5.74, 6) is 0.416. The van der Waals surface area contributed by atoms with E-state index in [2.05, 4.69) is 30.3 Å². The zero-order valence-corrected chi connectivity index (χ0v) is 12.8. The predicted molar refractivity (Wildman–Crippen MR) is 83.2 cm³/mol. The lowest BCUT2D eigenvalue weighted by Gasteiger charge is -2.53. The van der Waals surface area contributed by atoms with Gasteiger partial charge in [0.05, 0.1) is 11.7 Å². The molecule has 1 aliphatic heterocycles. The topological polar surface area (TPSA) is 29.5 Å². The summed E-state index contributed by atoms with van der Waals surface area (Å²) in [5.41, 5.74) is 1.50. The molecule has 1 N–H and O–H groups in total. The maximum Gasteiger partial charge on any atom is 0.0686 e. The standard InChI is InChI=1S/C19H26O2/c20-17(15-8-13-21-18(14-15)9-4-10-18)19(11-5-12-19)16-6-2-1-3-7-16/h1-3,6-7,15,17,20H,4-5,8-14H2. The van der Waals surface area contributed by atoms with E-state index < -0.39 is 0 Å². The minimum absolute atomic E-state index is 0.0220. The van der Waals surface area contributed by atoms with Gasteiger partial charge in [0.1, 0.15) is 0 Å². The van der Waals surface area contributed by atoms with Crippen molar-refractivity contribution in [2.24, 2.45) is 5.92 Å². The smallest absolute Gasteiger partial charge is 0.0686 e. The third kappa shape index (κ3) is 2.15. The van der Waals surface area contributed by atoms with E-state index in [0.717, 1.165) is 32.3 Å². The highest BCUT2D eigenvalue weighted by Crippen LogP contribution is 2.52. The van der Waals surface area contributed by atoms with Gasteiger partial charge in [-0.25, -0.2) is 0 Å². The Kier molecular flexibility index (Phi) is 3.35. The molecule has 1 spiro atoms. The molecule has 2 unspecified atom stereocenters. The lowest BCUT2D eigenvalue weighted by molar-refractivity contribution is -0.167. The van der Waals surface area contributed by atoms with Crippen molar-refractivity contribution >= 4 is 0 Å². The van der Waals surface area contributed by atoms with Crippen LogP contribution in [-0.4, -0.2) is 23.4 Å². The van der Waals surface area contributed by atoms with Crippen molar-refractivity contribution in [2.45, 2.75) is 68.5 Å². The molecule has 21 heavy (non-hydrogen) atoms. The van der Waals surface area contributed by atoms with Crippen LogP contribution in [0.1, 0.15) is 56.9 Å². The molecule has 0 amide bonds. The Hall–Kier alpha value is -0.860. The lowest BCUT2D eigenvalue weighted by Crippen LogP contribution is -2.54. The van der Waals surface area contributed by atoms with Crippen molar-refractivity contribution in [3.05, 3.63) is 35.9 Å². The Bertz CT molecular complexity index is 488. The van der Waals surface area contributed by atoms with E-state index in [1.807, 2.05) is 0 Å². The molecule has 2 heteroatoms. The first kappa shape index (κ1) is 13.8. The van der Waals surface area contributed by atoms with E-state index in [4.69, 9.17) is 4.74 Å². The van der Waals surface area contributed by atoms with Gasteiger partial charge in [-0.05, 0) is 56.4 Å². The predicted octanol–water partition coefficient (Wildman–Crippen LogP) is 3.82. The number of hydrogen-bond acceptors (Lipinski definition) is 2. The SMILES string of the molecule is OC(C1CCOC2(CCC2)C1)C1(c2ccccc2)CCC1. The van der Waals surface area contributed by atoms with E-state index >= 15 is 0 Å². The van der Waals surface area contributed by atoms with Crippen LogP contribution in [0.2, 0.25) is 0 Å². The van der Waals surface area contributed by atoms with Crippen LogP contribution in [0.15, 0.2) is 30.3 Å². The van der Waals surface area contributed by atoms with Crippen molar-refractivity contribution in [3.8, 4) is 0 Å². The van der Waals surface area contributed by atoms with Gasteiger partial charge >= 0.3 is 0 Å². The van der Waals surface area contributed by atoms with Crippen molar-refractivity contribution in [3.63, 3.8) is 0 Å². The van der Waals surface area contributed by atoms with Gasteiger partial charge < -0.3 is 9.84 Å². The fourth-order valence-electron chi connectivity index (χ4n) is 4.79. The van der Waals surface area contributed by atoms with Crippen LogP contribution in [0, 0.1) is 5.92 Å². The molecule has 1 saturated heterocycles. The number of aliphatic hydroxyl groups is 1. The highest BCUT2D eigenvalue weighted by Gasteiger charge is 2.51. The van der Waals surface area contributed by atoms with Gasteiger partial charge in [-0.2, -0.15) is 0 Å². The Morgan fingerprint density at radius 3 is 2.33 bits per heavy atom. The molecule has 1 heterocycles. The first-order chi connectivity index (χ1) is 10.2. The monoisotopic (exact) mass is 286 g/mol. The fourth-order valence-corrected chi connectivity index (χ4v) is 4.79. The number of ether oxygens (including phenoxy) is 1. The number of aliphatic hydroxyl groups excluding tert-OH is 1. The molecule has 1 aromatic carbocycles. The average Bonchev–Trinajstić information content (AvgIpc) is 2.46. The number of hydrogen-bond donors (Lipinski definition) is 1. The Balaban J connectivity index is 1.56. The summed E-state index contributed by atoms with van der Waals surface area (Å²) < 4.78 is 6.04. The molecule has 0 aromatic heterocycles. The largest absolute Gasteiger partial charge is 0.392 e. The summed E-state index contributed by atoms with van der Waals surface area (Å²) in [6.45, 7) is 0.840.